The van der Waals surface area contributed by atoms with Gasteiger partial charge in [0.2, 0.25) is 5.91 Å². The van der Waals surface area contributed by atoms with Crippen LogP contribution in [0.5, 0.6) is 0 Å². The van der Waals surface area contributed by atoms with E-state index in [0.29, 0.717) is 23.1 Å². The Labute approximate surface area is 223 Å². The molecule has 39 heavy (non-hydrogen) atoms. The van der Waals surface area contributed by atoms with E-state index in [1.807, 2.05) is 43.5 Å². The lowest BCUT2D eigenvalue weighted by Crippen LogP contribution is -2.32. The van der Waals surface area contributed by atoms with Gasteiger partial charge in [0, 0.05) is 52.2 Å². The number of nitrogens with one attached hydrogen (secondary N) is 3. The largest absolute Gasteiger partial charge is 0.361 e. The van der Waals surface area contributed by atoms with Crippen LogP contribution in [0.15, 0.2) is 85.5 Å². The van der Waals surface area contributed by atoms with E-state index in [4.69, 9.17) is 0 Å². The van der Waals surface area contributed by atoms with Gasteiger partial charge >= 0.3 is 0 Å². The lowest BCUT2D eigenvalue weighted by Gasteiger charge is -2.22. The Morgan fingerprint density at radius 3 is 2.77 bits per heavy atom. The van der Waals surface area contributed by atoms with Gasteiger partial charge in [0.15, 0.2) is 0 Å². The molecule has 1 atom stereocenters. The second-order valence-electron chi connectivity index (χ2n) is 9.72. The lowest BCUT2D eigenvalue weighted by molar-refractivity contribution is -0.121. The molecule has 0 radical (unpaired) electrons. The van der Waals surface area contributed by atoms with Crippen molar-refractivity contribution in [3.05, 3.63) is 119 Å². The van der Waals surface area contributed by atoms with Crippen LogP contribution in [0, 0.1) is 18.6 Å². The summed E-state index contributed by atoms with van der Waals surface area (Å²) in [6.45, 7) is 1.83. The zero-order valence-electron chi connectivity index (χ0n) is 21.1. The third-order valence-electron chi connectivity index (χ3n) is 6.84. The molecule has 6 nitrogen and oxygen atoms in total. The standard InChI is InChI=1S/C31H25F2N5O/c1-18-9-19(11-24(33)10-18)12-28(38-29(39)14-22-16-36-27-5-4-23(32)15-26(22)27)30-25(3-2-7-34-30)21-13-20-6-8-35-31(20)37-17-21/h2-11,13,15-17,28,36H,12,14H2,1H3,(H,35,37)(H,38,39)/t28-/m0/s1. The Kier molecular flexibility index (Phi) is 6.36. The summed E-state index contributed by atoms with van der Waals surface area (Å²) in [7, 11) is 0. The number of rotatable bonds is 7. The fraction of sp³-hybridized carbons (Fsp3) is 0.129. The highest BCUT2D eigenvalue weighted by Crippen LogP contribution is 2.30. The van der Waals surface area contributed by atoms with Gasteiger partial charge in [-0.15, -0.1) is 0 Å². The van der Waals surface area contributed by atoms with Gasteiger partial charge in [0.05, 0.1) is 18.2 Å². The second-order valence-corrected chi connectivity index (χ2v) is 9.72. The molecule has 4 aromatic heterocycles. The molecule has 0 spiro atoms. The first-order chi connectivity index (χ1) is 18.9. The van der Waals surface area contributed by atoms with Gasteiger partial charge in [-0.25, -0.2) is 13.8 Å². The smallest absolute Gasteiger partial charge is 0.225 e. The third kappa shape index (κ3) is 5.13. The molecule has 2 aromatic carbocycles. The lowest BCUT2D eigenvalue weighted by atomic mass is 9.95. The molecule has 6 aromatic rings. The normalized spacial score (nSPS) is 12.2. The van der Waals surface area contributed by atoms with Gasteiger partial charge in [-0.05, 0) is 78.6 Å². The molecule has 8 heteroatoms. The quantitative estimate of drug-likeness (QED) is 0.229. The maximum Gasteiger partial charge on any atom is 0.225 e. The first kappa shape index (κ1) is 24.5. The van der Waals surface area contributed by atoms with Crippen molar-refractivity contribution in [3.8, 4) is 11.1 Å². The number of halogens is 2. The summed E-state index contributed by atoms with van der Waals surface area (Å²) in [4.78, 5) is 28.8. The molecule has 6 rings (SSSR count). The van der Waals surface area contributed by atoms with Gasteiger partial charge in [-0.2, -0.15) is 0 Å². The Morgan fingerprint density at radius 2 is 1.90 bits per heavy atom. The number of carbonyl (C=O) groups excluding carboxylic acids is 1. The maximum absolute atomic E-state index is 14.3. The zero-order valence-corrected chi connectivity index (χ0v) is 21.1. The number of fused-ring (bicyclic) bond motifs is 2. The minimum atomic E-state index is -0.557. The number of aromatic nitrogens is 4. The highest BCUT2D eigenvalue weighted by Gasteiger charge is 2.22. The number of benzene rings is 2. The van der Waals surface area contributed by atoms with E-state index in [-0.39, 0.29) is 24.0 Å². The molecule has 0 bridgehead atoms. The second kappa shape index (κ2) is 10.1. The predicted octanol–water partition coefficient (Wildman–Crippen LogP) is 6.34. The summed E-state index contributed by atoms with van der Waals surface area (Å²) >= 11 is 0. The van der Waals surface area contributed by atoms with Gasteiger partial charge in [0.25, 0.3) is 0 Å². The Bertz CT molecular complexity index is 1800. The van der Waals surface area contributed by atoms with Crippen molar-refractivity contribution in [3.63, 3.8) is 0 Å². The van der Waals surface area contributed by atoms with Gasteiger partial charge in [-0.1, -0.05) is 12.1 Å². The Morgan fingerprint density at radius 1 is 1.00 bits per heavy atom. The summed E-state index contributed by atoms with van der Waals surface area (Å²) in [5, 5.41) is 4.74. The average Bonchev–Trinajstić information content (AvgIpc) is 3.54. The molecule has 3 N–H and O–H groups in total. The number of pyridine rings is 2. The first-order valence-electron chi connectivity index (χ1n) is 12.6. The van der Waals surface area contributed by atoms with Crippen molar-refractivity contribution in [2.75, 3.05) is 0 Å². The van der Waals surface area contributed by atoms with Crippen LogP contribution < -0.4 is 5.32 Å². The van der Waals surface area contributed by atoms with Crippen molar-refractivity contribution in [1.29, 1.82) is 0 Å². The average molecular weight is 522 g/mol. The van der Waals surface area contributed by atoms with Gasteiger partial charge < -0.3 is 15.3 Å². The van der Waals surface area contributed by atoms with E-state index >= 15 is 0 Å². The van der Waals surface area contributed by atoms with E-state index in [1.54, 1.807) is 24.7 Å². The molecular formula is C31H25F2N5O. The minimum absolute atomic E-state index is 0.0428. The number of amides is 1. The van der Waals surface area contributed by atoms with Crippen molar-refractivity contribution in [2.24, 2.45) is 0 Å². The fourth-order valence-electron chi connectivity index (χ4n) is 5.12. The molecule has 0 aliphatic rings. The topological polar surface area (TPSA) is 86.5 Å². The van der Waals surface area contributed by atoms with Crippen LogP contribution in [-0.2, 0) is 17.6 Å². The number of carbonyl (C=O) groups is 1. The van der Waals surface area contributed by atoms with E-state index < -0.39 is 6.04 Å². The van der Waals surface area contributed by atoms with Crippen molar-refractivity contribution in [1.82, 2.24) is 25.3 Å². The summed E-state index contributed by atoms with van der Waals surface area (Å²) in [5.74, 6) is -0.956. The van der Waals surface area contributed by atoms with Gasteiger partial charge in [0.1, 0.15) is 17.3 Å². The summed E-state index contributed by atoms with van der Waals surface area (Å²) in [5.41, 5.74) is 6.07. The number of nitrogens with zero attached hydrogens (tertiary/aromatic N) is 2. The molecule has 0 aliphatic carbocycles. The molecule has 0 saturated carbocycles. The SMILES string of the molecule is Cc1cc(F)cc(C[C@H](NC(=O)Cc2c[nH]c3ccc(F)cc23)c2ncccc2-c2cnc3[nH]ccc3c2)c1. The molecule has 1 amide bonds. The Balaban J connectivity index is 1.37. The van der Waals surface area contributed by atoms with Gasteiger partial charge in [-0.3, -0.25) is 9.78 Å². The van der Waals surface area contributed by atoms with Crippen molar-refractivity contribution < 1.29 is 13.6 Å². The predicted molar refractivity (Wildman–Crippen MR) is 147 cm³/mol. The van der Waals surface area contributed by atoms with E-state index in [1.165, 1.54) is 24.3 Å². The minimum Gasteiger partial charge on any atom is -0.361 e. The zero-order chi connectivity index (χ0) is 26.9. The van der Waals surface area contributed by atoms with E-state index in [9.17, 15) is 13.6 Å². The first-order valence-corrected chi connectivity index (χ1v) is 12.6. The summed E-state index contributed by atoms with van der Waals surface area (Å²) in [6, 6.07) is 16.5. The fourth-order valence-corrected chi connectivity index (χ4v) is 5.12. The van der Waals surface area contributed by atoms with E-state index in [2.05, 4.69) is 25.3 Å². The number of aryl methyl sites for hydroxylation is 1. The monoisotopic (exact) mass is 521 g/mol. The molecule has 0 fully saturated rings. The van der Waals surface area contributed by atoms with Crippen LogP contribution in [0.25, 0.3) is 33.1 Å². The molecule has 0 saturated heterocycles. The van der Waals surface area contributed by atoms with Crippen molar-refractivity contribution >= 4 is 27.8 Å². The third-order valence-corrected chi connectivity index (χ3v) is 6.84. The van der Waals surface area contributed by atoms with E-state index in [0.717, 1.165) is 38.8 Å². The number of hydrogen-bond donors (Lipinski definition) is 3. The molecule has 0 aliphatic heterocycles. The van der Waals surface area contributed by atoms with Crippen molar-refractivity contribution in [2.45, 2.75) is 25.8 Å². The van der Waals surface area contributed by atoms with Crippen LogP contribution in [0.2, 0.25) is 0 Å². The number of H-pyrrole nitrogens is 2. The Hall–Kier alpha value is -4.85. The molecule has 0 unspecified atom stereocenters. The molecule has 194 valence electrons. The van der Waals surface area contributed by atoms with Crippen LogP contribution in [0.1, 0.15) is 28.4 Å². The van der Waals surface area contributed by atoms with Crippen LogP contribution in [-0.4, -0.2) is 25.8 Å². The van der Waals surface area contributed by atoms with Crippen LogP contribution in [0.3, 0.4) is 0 Å². The summed E-state index contributed by atoms with van der Waals surface area (Å²) in [6.07, 6.45) is 7.37. The maximum atomic E-state index is 14.3. The number of hydrogen-bond acceptors (Lipinski definition) is 3. The number of aromatic amines is 2. The highest BCUT2D eigenvalue weighted by atomic mass is 19.1. The van der Waals surface area contributed by atoms with Crippen LogP contribution in [0.4, 0.5) is 8.78 Å². The molecular weight excluding hydrogens is 496 g/mol. The van der Waals surface area contributed by atoms with Crippen LogP contribution >= 0.6 is 0 Å². The molecule has 4 heterocycles. The highest BCUT2D eigenvalue weighted by molar-refractivity contribution is 5.89. The summed E-state index contributed by atoms with van der Waals surface area (Å²) < 4.78 is 28.2.